The molecule has 1 heterocycles. The fourth-order valence-corrected chi connectivity index (χ4v) is 3.45. The average Bonchev–Trinajstić information content (AvgIpc) is 2.68. The molecule has 1 amide bonds. The first-order valence-corrected chi connectivity index (χ1v) is 9.80. The third kappa shape index (κ3) is 5.04. The zero-order valence-corrected chi connectivity index (χ0v) is 16.8. The summed E-state index contributed by atoms with van der Waals surface area (Å²) in [6.45, 7) is 5.22. The van der Waals surface area contributed by atoms with Crippen LogP contribution < -0.4 is 5.32 Å². The van der Waals surface area contributed by atoms with E-state index in [1.54, 1.807) is 24.3 Å². The van der Waals surface area contributed by atoms with Crippen molar-refractivity contribution in [2.75, 3.05) is 5.32 Å². The molecule has 5 nitrogen and oxygen atoms in total. The second kappa shape index (κ2) is 8.80. The largest absolute Gasteiger partial charge is 0.325 e. The molecule has 0 unspecified atom stereocenters. The van der Waals surface area contributed by atoms with Gasteiger partial charge in [-0.05, 0) is 39.0 Å². The Bertz CT molecular complexity index is 1010. The topological polar surface area (TPSA) is 72.0 Å². The van der Waals surface area contributed by atoms with Crippen molar-refractivity contribution in [2.24, 2.45) is 0 Å². The fraction of sp³-hybridized carbons (Fsp3) is 0.182. The first-order chi connectivity index (χ1) is 13.4. The lowest BCUT2D eigenvalue weighted by Gasteiger charge is -2.13. The van der Waals surface area contributed by atoms with E-state index in [-0.39, 0.29) is 11.7 Å². The third-order valence-electron chi connectivity index (χ3n) is 4.09. The van der Waals surface area contributed by atoms with Crippen molar-refractivity contribution in [3.63, 3.8) is 0 Å². The third-order valence-corrected chi connectivity index (χ3v) is 5.05. The zero-order valence-electron chi connectivity index (χ0n) is 16.0. The summed E-state index contributed by atoms with van der Waals surface area (Å²) in [7, 11) is 0. The van der Waals surface area contributed by atoms with Crippen LogP contribution in [0.25, 0.3) is 11.3 Å². The van der Waals surface area contributed by atoms with Gasteiger partial charge in [0, 0.05) is 22.5 Å². The summed E-state index contributed by atoms with van der Waals surface area (Å²) in [6, 6.07) is 18.7. The molecule has 0 saturated heterocycles. The van der Waals surface area contributed by atoms with Crippen LogP contribution >= 0.6 is 11.8 Å². The molecule has 28 heavy (non-hydrogen) atoms. The second-order valence-electron chi connectivity index (χ2n) is 6.43. The Morgan fingerprint density at radius 1 is 1.00 bits per heavy atom. The number of ketones is 1. The predicted molar refractivity (Wildman–Crippen MR) is 113 cm³/mol. The number of rotatable bonds is 6. The number of carbonyl (C=O) groups is 2. The molecular formula is C22H21N3O2S. The molecule has 3 rings (SSSR count). The van der Waals surface area contributed by atoms with Gasteiger partial charge in [-0.3, -0.25) is 9.59 Å². The number of amides is 1. The van der Waals surface area contributed by atoms with E-state index in [1.165, 1.54) is 18.7 Å². The van der Waals surface area contributed by atoms with Crippen molar-refractivity contribution in [3.05, 3.63) is 71.9 Å². The number of aryl methyl sites for hydroxylation is 1. The molecule has 1 aromatic heterocycles. The van der Waals surface area contributed by atoms with Crippen LogP contribution in [-0.4, -0.2) is 26.9 Å². The number of aromatic nitrogens is 2. The van der Waals surface area contributed by atoms with Crippen LogP contribution in [0.3, 0.4) is 0 Å². The number of benzene rings is 2. The number of nitrogens with zero attached hydrogens (tertiary/aromatic N) is 2. The highest BCUT2D eigenvalue weighted by Crippen LogP contribution is 2.25. The molecular weight excluding hydrogens is 370 g/mol. The minimum atomic E-state index is -0.397. The summed E-state index contributed by atoms with van der Waals surface area (Å²) in [5.41, 5.74) is 3.84. The number of hydrogen-bond donors (Lipinski definition) is 1. The van der Waals surface area contributed by atoms with Crippen LogP contribution in [0.5, 0.6) is 0 Å². The smallest absolute Gasteiger partial charge is 0.237 e. The highest BCUT2D eigenvalue weighted by atomic mass is 32.2. The molecule has 0 radical (unpaired) electrons. The molecule has 0 fully saturated rings. The molecule has 1 N–H and O–H groups in total. The number of thioether (sulfide) groups is 1. The Kier molecular flexibility index (Phi) is 6.21. The van der Waals surface area contributed by atoms with Crippen molar-refractivity contribution in [1.29, 1.82) is 0 Å². The van der Waals surface area contributed by atoms with Gasteiger partial charge < -0.3 is 5.32 Å². The van der Waals surface area contributed by atoms with Gasteiger partial charge in [-0.15, -0.1) is 0 Å². The maximum Gasteiger partial charge on any atom is 0.237 e. The normalized spacial score (nSPS) is 11.7. The van der Waals surface area contributed by atoms with Crippen LogP contribution in [0.4, 0.5) is 5.69 Å². The number of anilines is 1. The molecule has 6 heteroatoms. The van der Waals surface area contributed by atoms with E-state index < -0.39 is 5.25 Å². The van der Waals surface area contributed by atoms with Gasteiger partial charge in [0.15, 0.2) is 10.9 Å². The molecule has 0 bridgehead atoms. The van der Waals surface area contributed by atoms with E-state index in [4.69, 9.17) is 0 Å². The van der Waals surface area contributed by atoms with Crippen LogP contribution in [0, 0.1) is 6.92 Å². The van der Waals surface area contributed by atoms with E-state index in [2.05, 4.69) is 15.3 Å². The lowest BCUT2D eigenvalue weighted by molar-refractivity contribution is -0.115. The van der Waals surface area contributed by atoms with Crippen LogP contribution in [0.2, 0.25) is 0 Å². The Labute approximate surface area is 168 Å². The van der Waals surface area contributed by atoms with Crippen molar-refractivity contribution in [1.82, 2.24) is 9.97 Å². The molecule has 1 atom stereocenters. The van der Waals surface area contributed by atoms with E-state index >= 15 is 0 Å². The maximum absolute atomic E-state index is 12.6. The highest BCUT2D eigenvalue weighted by Gasteiger charge is 2.17. The average molecular weight is 391 g/mol. The summed E-state index contributed by atoms with van der Waals surface area (Å²) < 4.78 is 0. The number of hydrogen-bond acceptors (Lipinski definition) is 5. The summed E-state index contributed by atoms with van der Waals surface area (Å²) in [6.07, 6.45) is 0. The Hall–Kier alpha value is -2.99. The molecule has 0 aliphatic rings. The minimum Gasteiger partial charge on any atom is -0.325 e. The molecule has 3 aromatic rings. The molecule has 0 aliphatic heterocycles. The van der Waals surface area contributed by atoms with E-state index in [0.717, 1.165) is 17.0 Å². The van der Waals surface area contributed by atoms with Crippen molar-refractivity contribution in [2.45, 2.75) is 31.2 Å². The monoisotopic (exact) mass is 391 g/mol. The molecule has 0 spiro atoms. The maximum atomic E-state index is 12.6. The summed E-state index contributed by atoms with van der Waals surface area (Å²) in [5.74, 6) is -0.211. The minimum absolute atomic E-state index is 0.0416. The van der Waals surface area contributed by atoms with Crippen molar-refractivity contribution in [3.8, 4) is 11.3 Å². The van der Waals surface area contributed by atoms with Crippen molar-refractivity contribution < 1.29 is 9.59 Å². The van der Waals surface area contributed by atoms with Gasteiger partial charge in [-0.25, -0.2) is 9.97 Å². The van der Waals surface area contributed by atoms with Crippen molar-refractivity contribution >= 4 is 29.1 Å². The summed E-state index contributed by atoms with van der Waals surface area (Å²) >= 11 is 1.30. The predicted octanol–water partition coefficient (Wildman–Crippen LogP) is 4.77. The Morgan fingerprint density at radius 2 is 1.75 bits per heavy atom. The molecule has 142 valence electrons. The van der Waals surface area contributed by atoms with Gasteiger partial charge in [0.25, 0.3) is 0 Å². The lowest BCUT2D eigenvalue weighted by atomic mass is 10.1. The van der Waals surface area contributed by atoms with Gasteiger partial charge in [0.05, 0.1) is 10.9 Å². The van der Waals surface area contributed by atoms with E-state index in [9.17, 15) is 9.59 Å². The Balaban J connectivity index is 1.73. The first kappa shape index (κ1) is 19.8. The number of carbonyl (C=O) groups excluding carboxylic acids is 2. The zero-order chi connectivity index (χ0) is 20.1. The number of nitrogens with one attached hydrogen (secondary N) is 1. The SMILES string of the molecule is CC(=O)c1cccc(NC(=O)[C@@H](C)Sc2nc(C)cc(-c3ccccc3)n2)c1. The van der Waals surface area contributed by atoms with Gasteiger partial charge in [-0.2, -0.15) is 0 Å². The number of Topliss-reactive ketones (excluding diaryl/α,β-unsaturated/α-hetero) is 1. The summed E-state index contributed by atoms with van der Waals surface area (Å²) in [4.78, 5) is 33.1. The Morgan fingerprint density at radius 3 is 2.46 bits per heavy atom. The fourth-order valence-electron chi connectivity index (χ4n) is 2.62. The first-order valence-electron chi connectivity index (χ1n) is 8.92. The van der Waals surface area contributed by atoms with Gasteiger partial charge in [-0.1, -0.05) is 54.2 Å². The van der Waals surface area contributed by atoms with Crippen LogP contribution in [0.1, 0.15) is 29.9 Å². The van der Waals surface area contributed by atoms with Gasteiger partial charge in [0.2, 0.25) is 5.91 Å². The van der Waals surface area contributed by atoms with E-state index in [0.29, 0.717) is 16.4 Å². The van der Waals surface area contributed by atoms with Crippen LogP contribution in [0.15, 0.2) is 65.8 Å². The molecule has 2 aromatic carbocycles. The highest BCUT2D eigenvalue weighted by molar-refractivity contribution is 8.00. The second-order valence-corrected chi connectivity index (χ2v) is 7.74. The van der Waals surface area contributed by atoms with Gasteiger partial charge in [0.1, 0.15) is 0 Å². The molecule has 0 saturated carbocycles. The molecule has 0 aliphatic carbocycles. The van der Waals surface area contributed by atoms with Crippen LogP contribution in [-0.2, 0) is 4.79 Å². The lowest BCUT2D eigenvalue weighted by Crippen LogP contribution is -2.22. The quantitative estimate of drug-likeness (QED) is 0.372. The van der Waals surface area contributed by atoms with E-state index in [1.807, 2.05) is 50.2 Å². The van der Waals surface area contributed by atoms with Gasteiger partial charge >= 0.3 is 0 Å². The standard InChI is InChI=1S/C22H21N3O2S/c1-14-12-20(17-8-5-4-6-9-17)25-22(23-14)28-16(3)21(27)24-19-11-7-10-18(13-19)15(2)26/h4-13,16H,1-3H3,(H,24,27)/t16-/m1/s1. The summed E-state index contributed by atoms with van der Waals surface area (Å²) in [5, 5.41) is 3.01.